The fraction of sp³-hybridized carbons (Fsp3) is 0.231. The molecule has 0 radical (unpaired) electrons. The van der Waals surface area contributed by atoms with E-state index < -0.39 is 0 Å². The predicted molar refractivity (Wildman–Crippen MR) is 70.1 cm³/mol. The van der Waals surface area contributed by atoms with E-state index in [1.807, 2.05) is 25.1 Å². The van der Waals surface area contributed by atoms with Gasteiger partial charge >= 0.3 is 0 Å². The molecule has 1 aliphatic rings. The van der Waals surface area contributed by atoms with E-state index in [2.05, 4.69) is 21.4 Å². The van der Waals surface area contributed by atoms with Gasteiger partial charge in [0.05, 0.1) is 6.04 Å². The van der Waals surface area contributed by atoms with Gasteiger partial charge in [0.15, 0.2) is 0 Å². The maximum atomic E-state index is 5.91. The van der Waals surface area contributed by atoms with Gasteiger partial charge in [0.1, 0.15) is 29.2 Å². The molecule has 2 heterocycles. The summed E-state index contributed by atoms with van der Waals surface area (Å²) in [4.78, 5) is 8.34. The zero-order valence-corrected chi connectivity index (χ0v) is 10.6. The molecule has 0 fully saturated rings. The lowest BCUT2D eigenvalue weighted by molar-refractivity contribution is 0.339. The highest BCUT2D eigenvalue weighted by Crippen LogP contribution is 2.33. The molecule has 1 atom stereocenters. The number of fused-ring (bicyclic) bond motifs is 1. The number of halogens is 1. The van der Waals surface area contributed by atoms with Crippen LogP contribution in [-0.2, 0) is 0 Å². The monoisotopic (exact) mass is 261 g/mol. The van der Waals surface area contributed by atoms with Crippen LogP contribution in [0.3, 0.4) is 0 Å². The minimum absolute atomic E-state index is 0.103. The molecule has 1 aromatic heterocycles. The third kappa shape index (κ3) is 2.11. The number of nitrogens with one attached hydrogen (secondary N) is 1. The molecule has 0 amide bonds. The topological polar surface area (TPSA) is 47.0 Å². The molecule has 4 nitrogen and oxygen atoms in total. The third-order valence-corrected chi connectivity index (χ3v) is 3.02. The average Bonchev–Trinajstić information content (AvgIpc) is 2.72. The Labute approximate surface area is 110 Å². The molecular formula is C13H12ClN3O. The summed E-state index contributed by atoms with van der Waals surface area (Å²) in [6.07, 6.45) is 0. The van der Waals surface area contributed by atoms with Gasteiger partial charge in [-0.3, -0.25) is 0 Å². The Morgan fingerprint density at radius 3 is 3.00 bits per heavy atom. The number of hydrogen-bond donors (Lipinski definition) is 1. The first-order chi connectivity index (χ1) is 8.72. The highest BCUT2D eigenvalue weighted by molar-refractivity contribution is 6.29. The zero-order valence-electron chi connectivity index (χ0n) is 9.85. The van der Waals surface area contributed by atoms with Crippen LogP contribution in [0, 0.1) is 6.92 Å². The van der Waals surface area contributed by atoms with Crippen molar-refractivity contribution in [3.05, 3.63) is 46.9 Å². The molecule has 1 aromatic carbocycles. The Balaban J connectivity index is 1.86. The van der Waals surface area contributed by atoms with E-state index in [4.69, 9.17) is 16.3 Å². The number of benzene rings is 1. The summed E-state index contributed by atoms with van der Waals surface area (Å²) in [5.74, 6) is 2.29. The molecule has 0 aliphatic carbocycles. The van der Waals surface area contributed by atoms with E-state index in [9.17, 15) is 0 Å². The van der Waals surface area contributed by atoms with Crippen LogP contribution < -0.4 is 10.1 Å². The van der Waals surface area contributed by atoms with E-state index in [1.54, 1.807) is 6.07 Å². The van der Waals surface area contributed by atoms with Crippen LogP contribution in [0.1, 0.15) is 17.4 Å². The minimum Gasteiger partial charge on any atom is -0.491 e. The first-order valence-corrected chi connectivity index (χ1v) is 6.09. The van der Waals surface area contributed by atoms with Gasteiger partial charge in [0, 0.05) is 11.6 Å². The first-order valence-electron chi connectivity index (χ1n) is 5.72. The van der Waals surface area contributed by atoms with Crippen molar-refractivity contribution < 1.29 is 4.74 Å². The van der Waals surface area contributed by atoms with Gasteiger partial charge in [-0.15, -0.1) is 0 Å². The molecule has 2 aromatic rings. The normalized spacial score (nSPS) is 17.1. The Morgan fingerprint density at radius 2 is 2.17 bits per heavy atom. The third-order valence-electron chi connectivity index (χ3n) is 2.83. The lowest BCUT2D eigenvalue weighted by atomic mass is 10.1. The molecule has 0 bridgehead atoms. The Kier molecular flexibility index (Phi) is 2.80. The summed E-state index contributed by atoms with van der Waals surface area (Å²) in [6, 6.07) is 9.81. The standard InChI is InChI=1S/C13H12ClN3O/c1-8-15-12(14)6-13(16-8)17-10-7-18-11-5-3-2-4-9(10)11/h2-6,10H,7H2,1H3,(H,15,16,17). The van der Waals surface area contributed by atoms with Crippen molar-refractivity contribution in [2.75, 3.05) is 11.9 Å². The van der Waals surface area contributed by atoms with E-state index in [-0.39, 0.29) is 6.04 Å². The Bertz CT molecular complexity index is 568. The SMILES string of the molecule is Cc1nc(Cl)cc(NC2COc3ccccc32)n1. The van der Waals surface area contributed by atoms with Crippen molar-refractivity contribution >= 4 is 17.4 Å². The number of aryl methyl sites for hydroxylation is 1. The molecule has 18 heavy (non-hydrogen) atoms. The molecule has 1 unspecified atom stereocenters. The van der Waals surface area contributed by atoms with Crippen molar-refractivity contribution in [1.29, 1.82) is 0 Å². The largest absolute Gasteiger partial charge is 0.491 e. The summed E-state index contributed by atoms with van der Waals surface area (Å²) in [6.45, 7) is 2.41. The van der Waals surface area contributed by atoms with Crippen LogP contribution in [0.2, 0.25) is 5.15 Å². The fourth-order valence-electron chi connectivity index (χ4n) is 2.07. The van der Waals surface area contributed by atoms with Gasteiger partial charge in [-0.2, -0.15) is 0 Å². The van der Waals surface area contributed by atoms with Crippen LogP contribution in [0.15, 0.2) is 30.3 Å². The molecule has 0 spiro atoms. The van der Waals surface area contributed by atoms with Gasteiger partial charge in [-0.05, 0) is 13.0 Å². The number of para-hydroxylation sites is 1. The van der Waals surface area contributed by atoms with Crippen molar-refractivity contribution in [2.45, 2.75) is 13.0 Å². The zero-order chi connectivity index (χ0) is 12.5. The van der Waals surface area contributed by atoms with Crippen molar-refractivity contribution in [3.8, 4) is 5.75 Å². The molecule has 0 saturated carbocycles. The second-order valence-corrected chi connectivity index (χ2v) is 4.56. The predicted octanol–water partition coefficient (Wildman–Crippen LogP) is 2.98. The van der Waals surface area contributed by atoms with Gasteiger partial charge in [-0.1, -0.05) is 29.8 Å². The van der Waals surface area contributed by atoms with E-state index in [0.29, 0.717) is 17.6 Å². The summed E-state index contributed by atoms with van der Waals surface area (Å²) in [7, 11) is 0. The minimum atomic E-state index is 0.103. The van der Waals surface area contributed by atoms with E-state index >= 15 is 0 Å². The molecule has 92 valence electrons. The average molecular weight is 262 g/mol. The maximum Gasteiger partial charge on any atom is 0.134 e. The van der Waals surface area contributed by atoms with Crippen molar-refractivity contribution in [2.24, 2.45) is 0 Å². The second kappa shape index (κ2) is 4.46. The number of rotatable bonds is 2. The van der Waals surface area contributed by atoms with Crippen LogP contribution in [-0.4, -0.2) is 16.6 Å². The second-order valence-electron chi connectivity index (χ2n) is 4.17. The van der Waals surface area contributed by atoms with Gasteiger partial charge in [0.25, 0.3) is 0 Å². The molecule has 1 N–H and O–H groups in total. The smallest absolute Gasteiger partial charge is 0.134 e. The van der Waals surface area contributed by atoms with E-state index in [0.717, 1.165) is 17.1 Å². The number of ether oxygens (including phenoxy) is 1. The van der Waals surface area contributed by atoms with E-state index in [1.165, 1.54) is 0 Å². The summed E-state index contributed by atoms with van der Waals surface area (Å²) in [5.41, 5.74) is 1.14. The van der Waals surface area contributed by atoms with Crippen molar-refractivity contribution in [1.82, 2.24) is 9.97 Å². The van der Waals surface area contributed by atoms with Gasteiger partial charge in [0.2, 0.25) is 0 Å². The summed E-state index contributed by atoms with van der Waals surface area (Å²) in [5, 5.41) is 3.76. The lowest BCUT2D eigenvalue weighted by Crippen LogP contribution is -2.13. The fourth-order valence-corrected chi connectivity index (χ4v) is 2.29. The molecule has 1 aliphatic heterocycles. The number of aromatic nitrogens is 2. The summed E-state index contributed by atoms with van der Waals surface area (Å²) >= 11 is 5.91. The molecule has 0 saturated heterocycles. The van der Waals surface area contributed by atoms with Crippen LogP contribution in [0.5, 0.6) is 5.75 Å². The van der Waals surface area contributed by atoms with Crippen LogP contribution >= 0.6 is 11.6 Å². The van der Waals surface area contributed by atoms with Crippen LogP contribution in [0.4, 0.5) is 5.82 Å². The van der Waals surface area contributed by atoms with Crippen LogP contribution in [0.25, 0.3) is 0 Å². The lowest BCUT2D eigenvalue weighted by Gasteiger charge is -2.12. The van der Waals surface area contributed by atoms with Gasteiger partial charge in [-0.25, -0.2) is 9.97 Å². The molecule has 5 heteroatoms. The number of anilines is 1. The van der Waals surface area contributed by atoms with Crippen molar-refractivity contribution in [3.63, 3.8) is 0 Å². The van der Waals surface area contributed by atoms with Gasteiger partial charge < -0.3 is 10.1 Å². The highest BCUT2D eigenvalue weighted by Gasteiger charge is 2.23. The maximum absolute atomic E-state index is 5.91. The molecule has 3 rings (SSSR count). The number of hydrogen-bond acceptors (Lipinski definition) is 4. The highest BCUT2D eigenvalue weighted by atomic mass is 35.5. The summed E-state index contributed by atoms with van der Waals surface area (Å²) < 4.78 is 5.60. The number of nitrogens with zero attached hydrogens (tertiary/aromatic N) is 2. The quantitative estimate of drug-likeness (QED) is 0.845. The Morgan fingerprint density at radius 1 is 1.33 bits per heavy atom. The Hall–Kier alpha value is -1.81. The molecular weight excluding hydrogens is 250 g/mol. The first kappa shape index (κ1) is 11.3.